The van der Waals surface area contributed by atoms with Gasteiger partial charge in [-0.05, 0) is 32.6 Å². The van der Waals surface area contributed by atoms with Crippen molar-refractivity contribution < 1.29 is 59.1 Å². The van der Waals surface area contributed by atoms with Crippen molar-refractivity contribution >= 4 is 58.3 Å². The number of hydrogen-bond acceptors (Lipinski definition) is 4. The molecule has 2 aliphatic rings. The van der Waals surface area contributed by atoms with Crippen LogP contribution in [0.3, 0.4) is 0 Å². The molecule has 0 aromatic heterocycles. The summed E-state index contributed by atoms with van der Waals surface area (Å²) in [5.74, 6) is 0. The second-order valence-electron chi connectivity index (χ2n) is 6.51. The van der Waals surface area contributed by atoms with Gasteiger partial charge in [0.15, 0.2) is 0 Å². The van der Waals surface area contributed by atoms with E-state index < -0.39 is 0 Å². The van der Waals surface area contributed by atoms with E-state index in [4.69, 9.17) is 49.7 Å². The number of nitrogens with zero attached hydrogens (tertiary/aromatic N) is 2. The maximum absolute atomic E-state index is 5.04. The summed E-state index contributed by atoms with van der Waals surface area (Å²) in [7, 11) is 2.02. The molecule has 0 N–H and O–H groups in total. The minimum atomic E-state index is 0. The van der Waals surface area contributed by atoms with Crippen molar-refractivity contribution in [3.8, 4) is 0 Å². The van der Waals surface area contributed by atoms with Crippen molar-refractivity contribution in [3.63, 3.8) is 0 Å². The summed E-state index contributed by atoms with van der Waals surface area (Å²) in [5, 5.41) is 0. The van der Waals surface area contributed by atoms with Crippen LogP contribution in [-0.4, -0.2) is 44.1 Å². The standard InChI is InChI=1S/C9H17NS2.C8H15NS2.2Na/c1-2-10(9(11)12)8-6-4-3-5-7-8;1-9(8(10)11)7-5-3-2-4-6-7;;/h8H,2-7H2,1H3,(H,11,12);7H,2-6H2,1H3,(H,10,11);;/q;;2*+1/p-2. The molecule has 0 radical (unpaired) electrons. The smallest absolute Gasteiger partial charge is 0.411 e. The molecule has 2 fully saturated rings. The van der Waals surface area contributed by atoms with Crippen molar-refractivity contribution in [2.24, 2.45) is 0 Å². The molecule has 25 heavy (non-hydrogen) atoms. The van der Waals surface area contributed by atoms with Gasteiger partial charge in [-0.1, -0.05) is 47.2 Å². The average molecular weight is 437 g/mol. The Morgan fingerprint density at radius 3 is 1.52 bits per heavy atom. The predicted molar refractivity (Wildman–Crippen MR) is 114 cm³/mol. The molecule has 0 spiro atoms. The van der Waals surface area contributed by atoms with Crippen molar-refractivity contribution in [3.05, 3.63) is 0 Å². The zero-order valence-corrected chi connectivity index (χ0v) is 23.7. The van der Waals surface area contributed by atoms with E-state index in [0.717, 1.165) is 6.54 Å². The van der Waals surface area contributed by atoms with Crippen LogP contribution >= 0.6 is 24.4 Å². The molecule has 0 heterocycles. The summed E-state index contributed by atoms with van der Waals surface area (Å²) in [6.07, 6.45) is 13.3. The zero-order valence-electron chi connectivity index (χ0n) is 16.5. The number of hydrogen-bond donors (Lipinski definition) is 0. The molecule has 134 valence electrons. The molecule has 2 aliphatic carbocycles. The number of thiocarbonyl (C=S) groups is 2. The molecule has 0 unspecified atom stereocenters. The molecule has 0 aromatic carbocycles. The Bertz CT molecular complexity index is 374. The molecule has 0 saturated heterocycles. The largest absolute Gasteiger partial charge is 1.00 e. The summed E-state index contributed by atoms with van der Waals surface area (Å²) < 4.78 is 1.28. The van der Waals surface area contributed by atoms with Gasteiger partial charge in [-0.15, -0.1) is 0 Å². The first kappa shape index (κ1) is 29.4. The Balaban J connectivity index is 0. The Morgan fingerprint density at radius 2 is 1.20 bits per heavy atom. The molecule has 2 nitrogen and oxygen atoms in total. The van der Waals surface area contributed by atoms with Gasteiger partial charge < -0.3 is 59.5 Å². The third kappa shape index (κ3) is 11.7. The molecule has 0 aromatic rings. The van der Waals surface area contributed by atoms with Gasteiger partial charge in [-0.3, -0.25) is 0 Å². The Labute approximate surface area is 221 Å². The molecule has 0 aliphatic heterocycles. The van der Waals surface area contributed by atoms with Crippen LogP contribution in [0.4, 0.5) is 0 Å². The monoisotopic (exact) mass is 436 g/mol. The summed E-state index contributed by atoms with van der Waals surface area (Å²) in [4.78, 5) is 4.27. The van der Waals surface area contributed by atoms with Gasteiger partial charge >= 0.3 is 59.1 Å². The van der Waals surface area contributed by atoms with Crippen molar-refractivity contribution in [1.82, 2.24) is 9.80 Å². The molecule has 0 bridgehead atoms. The molecule has 2 saturated carbocycles. The SMILES string of the molecule is CCN(C(=S)[S-])C1CCCCC1.CN(C(=S)[S-])C1CCCCC1.[Na+].[Na+]. The van der Waals surface area contributed by atoms with Gasteiger partial charge in [0.05, 0.1) is 0 Å². The van der Waals surface area contributed by atoms with Crippen LogP contribution < -0.4 is 59.1 Å². The van der Waals surface area contributed by atoms with Crippen LogP contribution in [0.15, 0.2) is 0 Å². The average Bonchev–Trinajstić information content (AvgIpc) is 2.57. The second kappa shape index (κ2) is 17.1. The van der Waals surface area contributed by atoms with Crippen LogP contribution in [0.2, 0.25) is 0 Å². The van der Waals surface area contributed by atoms with Gasteiger partial charge in [0.2, 0.25) is 0 Å². The molecular formula is C17H30N2Na2S4. The van der Waals surface area contributed by atoms with Crippen LogP contribution in [-0.2, 0) is 25.3 Å². The van der Waals surface area contributed by atoms with E-state index in [9.17, 15) is 0 Å². The molecular weight excluding hydrogens is 406 g/mol. The van der Waals surface area contributed by atoms with E-state index in [2.05, 4.69) is 16.7 Å². The normalized spacial score (nSPS) is 17.8. The van der Waals surface area contributed by atoms with E-state index in [1.54, 1.807) is 0 Å². The maximum atomic E-state index is 5.04. The fraction of sp³-hybridized carbons (Fsp3) is 0.882. The van der Waals surface area contributed by atoms with E-state index in [1.807, 2.05) is 7.05 Å². The fourth-order valence-corrected chi connectivity index (χ4v) is 4.40. The third-order valence-corrected chi connectivity index (χ3v) is 6.05. The van der Waals surface area contributed by atoms with Gasteiger partial charge in [-0.25, -0.2) is 0 Å². The van der Waals surface area contributed by atoms with Crippen molar-refractivity contribution in [1.29, 1.82) is 0 Å². The molecule has 0 amide bonds. The van der Waals surface area contributed by atoms with Gasteiger partial charge in [0.1, 0.15) is 0 Å². The van der Waals surface area contributed by atoms with E-state index in [-0.39, 0.29) is 59.1 Å². The summed E-state index contributed by atoms with van der Waals surface area (Å²) >= 11 is 20.0. The van der Waals surface area contributed by atoms with Gasteiger partial charge in [0, 0.05) is 25.7 Å². The summed E-state index contributed by atoms with van der Waals surface area (Å²) in [6.45, 7) is 3.11. The van der Waals surface area contributed by atoms with Crippen LogP contribution in [0.25, 0.3) is 0 Å². The first-order chi connectivity index (χ1) is 11.0. The predicted octanol–water partition coefficient (Wildman–Crippen LogP) is -1.44. The van der Waals surface area contributed by atoms with Crippen LogP contribution in [0.1, 0.15) is 71.1 Å². The summed E-state index contributed by atoms with van der Waals surface area (Å²) in [6, 6.07) is 1.28. The van der Waals surface area contributed by atoms with Crippen LogP contribution in [0.5, 0.6) is 0 Å². The van der Waals surface area contributed by atoms with Crippen molar-refractivity contribution in [2.45, 2.75) is 83.2 Å². The quantitative estimate of drug-likeness (QED) is 0.302. The Morgan fingerprint density at radius 1 is 0.800 bits per heavy atom. The molecule has 2 rings (SSSR count). The molecule has 0 atom stereocenters. The zero-order chi connectivity index (χ0) is 17.2. The minimum absolute atomic E-state index is 0. The van der Waals surface area contributed by atoms with Crippen molar-refractivity contribution in [2.75, 3.05) is 13.6 Å². The Hall–Kier alpha value is 2.22. The van der Waals surface area contributed by atoms with Crippen LogP contribution in [0, 0.1) is 0 Å². The molecule has 8 heteroatoms. The minimum Gasteiger partial charge on any atom is -0.411 e. The first-order valence-corrected chi connectivity index (χ1v) is 10.5. The van der Waals surface area contributed by atoms with E-state index in [1.165, 1.54) is 64.2 Å². The van der Waals surface area contributed by atoms with E-state index in [0.29, 0.717) is 20.7 Å². The maximum Gasteiger partial charge on any atom is 1.00 e. The number of rotatable bonds is 3. The summed E-state index contributed by atoms with van der Waals surface area (Å²) in [5.41, 5.74) is 0. The van der Waals surface area contributed by atoms with E-state index >= 15 is 0 Å². The fourth-order valence-electron chi connectivity index (χ4n) is 3.55. The second-order valence-corrected chi connectivity index (χ2v) is 8.58. The van der Waals surface area contributed by atoms with Gasteiger partial charge in [-0.2, -0.15) is 0 Å². The van der Waals surface area contributed by atoms with Gasteiger partial charge in [0.25, 0.3) is 0 Å². The topological polar surface area (TPSA) is 6.48 Å². The first-order valence-electron chi connectivity index (χ1n) is 8.88. The third-order valence-electron chi connectivity index (χ3n) is 5.00. The Kier molecular flexibility index (Phi) is 20.1.